The summed E-state index contributed by atoms with van der Waals surface area (Å²) < 4.78 is 4.80. The van der Waals surface area contributed by atoms with Crippen molar-refractivity contribution in [3.63, 3.8) is 0 Å². The van der Waals surface area contributed by atoms with E-state index in [4.69, 9.17) is 48.9 Å². The highest BCUT2D eigenvalue weighted by atomic mass is 33.5. The minimum atomic E-state index is -0.622. The third kappa shape index (κ3) is 4.14. The molecule has 0 aromatic carbocycles. The van der Waals surface area contributed by atoms with Crippen molar-refractivity contribution >= 4 is 66.2 Å². The van der Waals surface area contributed by atoms with Gasteiger partial charge in [-0.05, 0) is 40.1 Å². The van der Waals surface area contributed by atoms with Gasteiger partial charge in [-0.25, -0.2) is 19.5 Å². The van der Waals surface area contributed by atoms with Gasteiger partial charge in [0.15, 0.2) is 0 Å². The first-order chi connectivity index (χ1) is 4.09. The second-order valence-corrected chi connectivity index (χ2v) is 14.6. The molecule has 9 heavy (non-hydrogen) atoms. The molecule has 0 radical (unpaired) electrons. The van der Waals surface area contributed by atoms with Gasteiger partial charge < -0.3 is 4.18 Å². The van der Waals surface area contributed by atoms with Crippen molar-refractivity contribution in [1.29, 1.82) is 0 Å². The van der Waals surface area contributed by atoms with Crippen LogP contribution in [-0.4, -0.2) is 7.11 Å². The average molecular weight is 256 g/mol. The fraction of sp³-hybridized carbons (Fsp3) is 1.00. The van der Waals surface area contributed by atoms with E-state index in [9.17, 15) is 0 Å². The van der Waals surface area contributed by atoms with E-state index in [1.807, 2.05) is 0 Å². The molecule has 0 heterocycles. The molecule has 8 heteroatoms. The first-order valence-corrected chi connectivity index (χ1v) is 9.91. The Balaban J connectivity index is 5.89. The van der Waals surface area contributed by atoms with Gasteiger partial charge in [-0.2, -0.15) is 6.57 Å². The van der Waals surface area contributed by atoms with Crippen molar-refractivity contribution < 1.29 is 4.18 Å². The van der Waals surface area contributed by atoms with Crippen molar-refractivity contribution in [2.24, 2.45) is 0 Å². The quantitative estimate of drug-likeness (QED) is 0.612. The molecule has 0 fully saturated rings. The van der Waals surface area contributed by atoms with Crippen LogP contribution in [0.5, 0.6) is 0 Å². The molecule has 0 bridgehead atoms. The molecule has 0 aliphatic heterocycles. The molecule has 0 aliphatic carbocycles. The van der Waals surface area contributed by atoms with Crippen LogP contribution in [0.4, 0.5) is 0 Å². The number of hydrogen-bond donors (Lipinski definition) is 0. The van der Waals surface area contributed by atoms with Gasteiger partial charge in [0, 0.05) is 7.11 Å². The fourth-order valence-corrected chi connectivity index (χ4v) is 8.85. The van der Waals surface area contributed by atoms with Crippen molar-refractivity contribution in [2.45, 2.75) is 0 Å². The highest BCUT2D eigenvalue weighted by molar-refractivity contribution is 8.84. The van der Waals surface area contributed by atoms with Crippen LogP contribution in [0.3, 0.4) is 0 Å². The maximum Gasteiger partial charge on any atom is 0.0117 e. The molecule has 0 unspecified atom stereocenters. The summed E-state index contributed by atoms with van der Waals surface area (Å²) in [5.74, 6) is 0. The molecule has 0 spiro atoms. The van der Waals surface area contributed by atoms with Crippen LogP contribution < -0.4 is 0 Å². The van der Waals surface area contributed by atoms with Crippen molar-refractivity contribution in [3.05, 3.63) is 0 Å². The van der Waals surface area contributed by atoms with Gasteiger partial charge in [0.05, 0.1) is 0 Å². The zero-order chi connectivity index (χ0) is 7.44. The summed E-state index contributed by atoms with van der Waals surface area (Å²) in [6, 6.07) is 0. The van der Waals surface area contributed by atoms with Gasteiger partial charge in [0.2, 0.25) is 0 Å². The third-order valence-corrected chi connectivity index (χ3v) is 16.2. The third-order valence-electron chi connectivity index (χ3n) is 0.358. The normalized spacial score (nSPS) is 9.56. The Hall–Kier alpha value is 1.63. The molecule has 0 saturated carbocycles. The molecule has 0 rings (SSSR count). The lowest BCUT2D eigenvalue weighted by atomic mass is 11.8. The monoisotopic (exact) mass is 255 g/mol. The Labute approximate surface area is 76.7 Å². The summed E-state index contributed by atoms with van der Waals surface area (Å²) in [4.78, 5) is 0. The van der Waals surface area contributed by atoms with Gasteiger partial charge in [0.25, 0.3) is 0 Å². The van der Waals surface area contributed by atoms with E-state index in [-0.39, 0.29) is 0 Å². The Morgan fingerprint density at radius 3 is 1.89 bits per heavy atom. The maximum atomic E-state index is 4.90. The SMILES string of the molecule is CO[S-](=S)=S(=S)=S(=S)=S. The lowest BCUT2D eigenvalue weighted by Crippen LogP contribution is -1.75. The molecule has 0 saturated heterocycles. The molecule has 56 valence electrons. The number of rotatable bonds is 1. The second kappa shape index (κ2) is 5.30. The molecule has 0 aromatic rings. The molecular weight excluding hydrogens is 252 g/mol. The van der Waals surface area contributed by atoms with E-state index in [1.165, 1.54) is 7.11 Å². The van der Waals surface area contributed by atoms with E-state index in [0.29, 0.717) is 0 Å². The molecule has 0 aliphatic rings. The van der Waals surface area contributed by atoms with E-state index in [0.717, 1.165) is 0 Å². The minimum absolute atomic E-state index is 0.505. The molecule has 0 aromatic heterocycles. The Kier molecular flexibility index (Phi) is 6.26. The fourth-order valence-electron chi connectivity index (χ4n) is 0.101. The minimum Gasteiger partial charge on any atom is -0.469 e. The Morgan fingerprint density at radius 2 is 1.78 bits per heavy atom. The molecule has 1 nitrogen and oxygen atoms in total. The van der Waals surface area contributed by atoms with Crippen LogP contribution >= 0.6 is 0 Å². The Morgan fingerprint density at radius 1 is 1.33 bits per heavy atom. The summed E-state index contributed by atoms with van der Waals surface area (Å²) in [5.41, 5.74) is 0. The van der Waals surface area contributed by atoms with Gasteiger partial charge >= 0.3 is 0 Å². The van der Waals surface area contributed by atoms with Gasteiger partial charge in [-0.3, -0.25) is 0 Å². The standard InChI is InChI=1S/CH3OS7/c1-2-7(3)9(6)8(4)5/h1H3/q-1. The largest absolute Gasteiger partial charge is 0.469 e. The van der Waals surface area contributed by atoms with E-state index in [2.05, 4.69) is 0 Å². The molecule has 0 atom stereocenters. The van der Waals surface area contributed by atoms with Crippen molar-refractivity contribution in [2.75, 3.05) is 7.11 Å². The van der Waals surface area contributed by atoms with Crippen molar-refractivity contribution in [1.82, 2.24) is 0 Å². The van der Waals surface area contributed by atoms with Gasteiger partial charge in [0.1, 0.15) is 0 Å². The summed E-state index contributed by atoms with van der Waals surface area (Å²) in [6.07, 6.45) is 0. The van der Waals surface area contributed by atoms with Gasteiger partial charge in [-0.1, -0.05) is 0 Å². The molecule has 0 N–H and O–H groups in total. The summed E-state index contributed by atoms with van der Waals surface area (Å²) in [6.45, 7) is -1.10. The molecule has 0 amide bonds. The van der Waals surface area contributed by atoms with Crippen molar-refractivity contribution in [3.8, 4) is 0 Å². The zero-order valence-corrected chi connectivity index (χ0v) is 9.98. The topological polar surface area (TPSA) is 9.23 Å². The van der Waals surface area contributed by atoms with Crippen LogP contribution in [0.25, 0.3) is 0 Å². The maximum absolute atomic E-state index is 4.90. The predicted octanol–water partition coefficient (Wildman–Crippen LogP) is 0.0803. The Bertz CT molecular complexity index is 351. The van der Waals surface area contributed by atoms with E-state index >= 15 is 0 Å². The lowest BCUT2D eigenvalue weighted by Gasteiger charge is -1.96. The van der Waals surface area contributed by atoms with Crippen LogP contribution in [0.1, 0.15) is 0 Å². The second-order valence-electron chi connectivity index (χ2n) is 0.779. The summed E-state index contributed by atoms with van der Waals surface area (Å²) >= 11 is 19.2. The van der Waals surface area contributed by atoms with Crippen LogP contribution in [0.15, 0.2) is 0 Å². The van der Waals surface area contributed by atoms with Gasteiger partial charge in [-0.15, -0.1) is 0 Å². The van der Waals surface area contributed by atoms with Crippen LogP contribution in [0.2, 0.25) is 0 Å². The lowest BCUT2D eigenvalue weighted by molar-refractivity contribution is 0.494. The first-order valence-electron chi connectivity index (χ1n) is 1.57. The first kappa shape index (κ1) is 10.6. The number of hydrogen-bond acceptors (Lipinski definition) is 6. The van der Waals surface area contributed by atoms with Crippen LogP contribution in [-0.2, 0) is 70.4 Å². The summed E-state index contributed by atoms with van der Waals surface area (Å²) in [7, 11) is 0.906. The zero-order valence-electron chi connectivity index (χ0n) is 4.27. The highest BCUT2D eigenvalue weighted by Gasteiger charge is 1.50. The van der Waals surface area contributed by atoms with E-state index < -0.39 is 21.4 Å². The summed E-state index contributed by atoms with van der Waals surface area (Å²) in [5, 5.41) is 0. The average Bonchev–Trinajstić information content (AvgIpc) is 1.84. The van der Waals surface area contributed by atoms with E-state index in [1.54, 1.807) is 0 Å². The predicted molar refractivity (Wildman–Crippen MR) is 58.6 cm³/mol. The highest BCUT2D eigenvalue weighted by Crippen LogP contribution is 1.68. The van der Waals surface area contributed by atoms with Crippen LogP contribution in [0, 0.1) is 0 Å². The molecular formula is CH3OS7-. The smallest absolute Gasteiger partial charge is 0.0117 e.